The molecule has 0 amide bonds. The quantitative estimate of drug-likeness (QED) is 0.0345. The summed E-state index contributed by atoms with van der Waals surface area (Å²) < 4.78 is 16.8. The summed E-state index contributed by atoms with van der Waals surface area (Å²) in [5.41, 5.74) is 0. The summed E-state index contributed by atoms with van der Waals surface area (Å²) in [6, 6.07) is 0. The van der Waals surface area contributed by atoms with Crippen molar-refractivity contribution in [1.82, 2.24) is 0 Å². The standard InChI is InChI=1S/C53H102O6/c1-5-7-9-11-13-15-17-19-20-21-22-24-25-27-32-36-40-44-51(54)57-47-50(48-58-52(55)45-41-37-33-30-29-31-35-39-43-49(3)4)59-53(56)46-42-38-34-28-26-23-18-16-14-12-10-8-6-2/h49-50H,5-48H2,1-4H3/t50-/m1/s1. The third kappa shape index (κ3) is 47.3. The molecule has 6 heteroatoms. The fourth-order valence-corrected chi connectivity index (χ4v) is 8.04. The van der Waals surface area contributed by atoms with Gasteiger partial charge in [0, 0.05) is 19.3 Å². The van der Waals surface area contributed by atoms with Crippen LogP contribution in [-0.4, -0.2) is 37.2 Å². The molecule has 0 rings (SSSR count). The van der Waals surface area contributed by atoms with Crippen LogP contribution in [0.5, 0.6) is 0 Å². The summed E-state index contributed by atoms with van der Waals surface area (Å²) in [4.78, 5) is 37.9. The van der Waals surface area contributed by atoms with E-state index in [1.165, 1.54) is 193 Å². The van der Waals surface area contributed by atoms with Gasteiger partial charge in [-0.25, -0.2) is 0 Å². The lowest BCUT2D eigenvalue weighted by Gasteiger charge is -2.18. The zero-order chi connectivity index (χ0) is 43.1. The largest absolute Gasteiger partial charge is 0.462 e. The molecule has 0 aliphatic rings. The SMILES string of the molecule is CCCCCCCCCCCCCCCCCCCC(=O)OC[C@H](COC(=O)CCCCCCCCCCC(C)C)OC(=O)CCCCCCCCCCCCCCC. The Morgan fingerprint density at radius 2 is 0.559 bits per heavy atom. The van der Waals surface area contributed by atoms with Gasteiger partial charge in [0.25, 0.3) is 0 Å². The van der Waals surface area contributed by atoms with Crippen LogP contribution in [0.3, 0.4) is 0 Å². The zero-order valence-corrected chi connectivity index (χ0v) is 40.2. The molecule has 0 saturated heterocycles. The maximum Gasteiger partial charge on any atom is 0.306 e. The molecule has 0 unspecified atom stereocenters. The van der Waals surface area contributed by atoms with Crippen LogP contribution in [0, 0.1) is 5.92 Å². The number of ether oxygens (including phenoxy) is 3. The van der Waals surface area contributed by atoms with E-state index in [-0.39, 0.29) is 31.1 Å². The second-order valence-corrected chi connectivity index (χ2v) is 18.6. The predicted molar refractivity (Wildman–Crippen MR) is 252 cm³/mol. The molecule has 0 aliphatic carbocycles. The molecule has 0 radical (unpaired) electrons. The highest BCUT2D eigenvalue weighted by molar-refractivity contribution is 5.71. The van der Waals surface area contributed by atoms with Gasteiger partial charge in [0.1, 0.15) is 13.2 Å². The van der Waals surface area contributed by atoms with E-state index in [0.717, 1.165) is 63.7 Å². The van der Waals surface area contributed by atoms with E-state index in [2.05, 4.69) is 27.7 Å². The molecule has 0 N–H and O–H groups in total. The van der Waals surface area contributed by atoms with Crippen molar-refractivity contribution in [3.05, 3.63) is 0 Å². The third-order valence-electron chi connectivity index (χ3n) is 12.0. The molecule has 1 atom stereocenters. The summed E-state index contributed by atoms with van der Waals surface area (Å²) in [5, 5.41) is 0. The number of carbonyl (C=O) groups excluding carboxylic acids is 3. The summed E-state index contributed by atoms with van der Waals surface area (Å²) in [5.74, 6) is -0.0484. The van der Waals surface area contributed by atoms with Gasteiger partial charge in [0.05, 0.1) is 0 Å². The van der Waals surface area contributed by atoms with Crippen molar-refractivity contribution >= 4 is 17.9 Å². The van der Waals surface area contributed by atoms with Crippen molar-refractivity contribution in [3.8, 4) is 0 Å². The second-order valence-electron chi connectivity index (χ2n) is 18.6. The first-order valence-electron chi connectivity index (χ1n) is 26.4. The van der Waals surface area contributed by atoms with Gasteiger partial charge >= 0.3 is 17.9 Å². The molecule has 0 aromatic carbocycles. The highest BCUT2D eigenvalue weighted by Crippen LogP contribution is 2.17. The van der Waals surface area contributed by atoms with Crippen LogP contribution in [0.2, 0.25) is 0 Å². The Morgan fingerprint density at radius 3 is 0.831 bits per heavy atom. The summed E-state index contributed by atoms with van der Waals surface area (Å²) >= 11 is 0. The Bertz CT molecular complexity index is 887. The van der Waals surface area contributed by atoms with Crippen LogP contribution >= 0.6 is 0 Å². The molecular weight excluding hydrogens is 733 g/mol. The fourth-order valence-electron chi connectivity index (χ4n) is 8.04. The van der Waals surface area contributed by atoms with Gasteiger partial charge in [-0.05, 0) is 25.2 Å². The van der Waals surface area contributed by atoms with Crippen molar-refractivity contribution < 1.29 is 28.6 Å². The summed E-state index contributed by atoms with van der Waals surface area (Å²) in [6.07, 6.45) is 49.5. The lowest BCUT2D eigenvalue weighted by molar-refractivity contribution is -0.167. The van der Waals surface area contributed by atoms with Crippen molar-refractivity contribution in [3.63, 3.8) is 0 Å². The molecule has 0 saturated carbocycles. The molecule has 0 aromatic heterocycles. The van der Waals surface area contributed by atoms with Gasteiger partial charge in [0.2, 0.25) is 0 Å². The Labute approximate surface area is 368 Å². The first kappa shape index (κ1) is 57.4. The molecule has 0 aromatic rings. The van der Waals surface area contributed by atoms with E-state index >= 15 is 0 Å². The zero-order valence-electron chi connectivity index (χ0n) is 40.2. The predicted octanol–water partition coefficient (Wildman–Crippen LogP) is 17.1. The van der Waals surface area contributed by atoms with Crippen molar-refractivity contribution in [2.45, 2.75) is 303 Å². The molecular formula is C53H102O6. The molecule has 350 valence electrons. The lowest BCUT2D eigenvalue weighted by Crippen LogP contribution is -2.30. The van der Waals surface area contributed by atoms with E-state index in [1.54, 1.807) is 0 Å². The second kappa shape index (κ2) is 47.5. The number of hydrogen-bond donors (Lipinski definition) is 0. The van der Waals surface area contributed by atoms with E-state index in [1.807, 2.05) is 0 Å². The van der Waals surface area contributed by atoms with Crippen molar-refractivity contribution in [2.75, 3.05) is 13.2 Å². The average molecular weight is 835 g/mol. The number of rotatable bonds is 48. The van der Waals surface area contributed by atoms with Gasteiger partial charge in [-0.1, -0.05) is 259 Å². The van der Waals surface area contributed by atoms with Crippen LogP contribution < -0.4 is 0 Å². The molecule has 0 fully saturated rings. The summed E-state index contributed by atoms with van der Waals surface area (Å²) in [6.45, 7) is 9.00. The Morgan fingerprint density at radius 1 is 0.322 bits per heavy atom. The molecule has 6 nitrogen and oxygen atoms in total. The number of unbranched alkanes of at least 4 members (excludes halogenated alkanes) is 35. The third-order valence-corrected chi connectivity index (χ3v) is 12.0. The van der Waals surface area contributed by atoms with Crippen molar-refractivity contribution in [1.29, 1.82) is 0 Å². The highest BCUT2D eigenvalue weighted by atomic mass is 16.6. The minimum Gasteiger partial charge on any atom is -0.462 e. The van der Waals surface area contributed by atoms with Gasteiger partial charge < -0.3 is 14.2 Å². The van der Waals surface area contributed by atoms with E-state index < -0.39 is 6.10 Å². The number of hydrogen-bond acceptors (Lipinski definition) is 6. The van der Waals surface area contributed by atoms with Crippen LogP contribution in [0.15, 0.2) is 0 Å². The van der Waals surface area contributed by atoms with E-state index in [0.29, 0.717) is 19.3 Å². The maximum absolute atomic E-state index is 12.8. The van der Waals surface area contributed by atoms with Crippen LogP contribution in [-0.2, 0) is 28.6 Å². The summed E-state index contributed by atoms with van der Waals surface area (Å²) in [7, 11) is 0. The minimum atomic E-state index is -0.761. The Balaban J connectivity index is 4.27. The lowest BCUT2D eigenvalue weighted by atomic mass is 10.0. The van der Waals surface area contributed by atoms with Crippen LogP contribution in [0.1, 0.15) is 297 Å². The Kier molecular flexibility index (Phi) is 46.2. The topological polar surface area (TPSA) is 78.9 Å². The number of carbonyl (C=O) groups is 3. The molecule has 0 heterocycles. The van der Waals surface area contributed by atoms with E-state index in [9.17, 15) is 14.4 Å². The minimum absolute atomic E-state index is 0.0629. The van der Waals surface area contributed by atoms with Crippen LogP contribution in [0.4, 0.5) is 0 Å². The average Bonchev–Trinajstić information content (AvgIpc) is 3.22. The first-order valence-corrected chi connectivity index (χ1v) is 26.4. The van der Waals surface area contributed by atoms with Gasteiger partial charge in [0.15, 0.2) is 6.10 Å². The van der Waals surface area contributed by atoms with Gasteiger partial charge in [-0.15, -0.1) is 0 Å². The van der Waals surface area contributed by atoms with Gasteiger partial charge in [-0.2, -0.15) is 0 Å². The monoisotopic (exact) mass is 835 g/mol. The smallest absolute Gasteiger partial charge is 0.306 e. The molecule has 59 heavy (non-hydrogen) atoms. The highest BCUT2D eigenvalue weighted by Gasteiger charge is 2.19. The molecule has 0 bridgehead atoms. The van der Waals surface area contributed by atoms with E-state index in [4.69, 9.17) is 14.2 Å². The molecule has 0 aliphatic heterocycles. The first-order chi connectivity index (χ1) is 28.9. The number of esters is 3. The maximum atomic E-state index is 12.8. The van der Waals surface area contributed by atoms with Crippen LogP contribution in [0.25, 0.3) is 0 Å². The molecule has 0 spiro atoms. The fraction of sp³-hybridized carbons (Fsp3) is 0.943. The van der Waals surface area contributed by atoms with Gasteiger partial charge in [-0.3, -0.25) is 14.4 Å². The Hall–Kier alpha value is -1.59. The normalized spacial score (nSPS) is 11.9. The van der Waals surface area contributed by atoms with Crippen molar-refractivity contribution in [2.24, 2.45) is 5.92 Å².